The van der Waals surface area contributed by atoms with Crippen molar-refractivity contribution in [1.82, 2.24) is 10.2 Å². The number of hydrogen-bond acceptors (Lipinski definition) is 3. The average Bonchev–Trinajstić information content (AvgIpc) is 2.76. The lowest BCUT2D eigenvalue weighted by atomic mass is 10.0. The van der Waals surface area contributed by atoms with E-state index in [9.17, 15) is 9.59 Å². The Morgan fingerprint density at radius 2 is 1.77 bits per heavy atom. The van der Waals surface area contributed by atoms with Crippen LogP contribution in [0.4, 0.5) is 0 Å². The van der Waals surface area contributed by atoms with Crippen LogP contribution in [-0.2, 0) is 16.1 Å². The van der Waals surface area contributed by atoms with E-state index in [2.05, 4.69) is 19.2 Å². The van der Waals surface area contributed by atoms with Gasteiger partial charge < -0.3 is 15.0 Å². The van der Waals surface area contributed by atoms with Gasteiger partial charge in [-0.3, -0.25) is 9.59 Å². The van der Waals surface area contributed by atoms with Crippen molar-refractivity contribution >= 4 is 11.8 Å². The van der Waals surface area contributed by atoms with Crippen LogP contribution in [0.3, 0.4) is 0 Å². The van der Waals surface area contributed by atoms with Gasteiger partial charge in [0, 0.05) is 13.1 Å². The van der Waals surface area contributed by atoms with Gasteiger partial charge in [0.2, 0.25) is 5.91 Å². The Hall–Kier alpha value is -2.82. The van der Waals surface area contributed by atoms with Crippen LogP contribution in [0.1, 0.15) is 63.1 Å². The van der Waals surface area contributed by atoms with E-state index < -0.39 is 6.04 Å². The van der Waals surface area contributed by atoms with Gasteiger partial charge in [-0.15, -0.1) is 0 Å². The minimum atomic E-state index is -0.536. The van der Waals surface area contributed by atoms with Crippen molar-refractivity contribution in [3.05, 3.63) is 65.2 Å². The maximum atomic E-state index is 13.2. The van der Waals surface area contributed by atoms with Crippen LogP contribution in [0.15, 0.2) is 48.5 Å². The van der Waals surface area contributed by atoms with Gasteiger partial charge in [-0.25, -0.2) is 0 Å². The number of amides is 2. The molecule has 5 nitrogen and oxygen atoms in total. The quantitative estimate of drug-likeness (QED) is 0.562. The molecule has 0 aliphatic heterocycles. The van der Waals surface area contributed by atoms with Crippen molar-refractivity contribution in [3.8, 4) is 5.75 Å². The first-order chi connectivity index (χ1) is 14.8. The number of carbonyl (C=O) groups is 2. The topological polar surface area (TPSA) is 58.6 Å². The summed E-state index contributed by atoms with van der Waals surface area (Å²) in [5.41, 5.74) is 3.34. The second kappa shape index (κ2) is 12.1. The van der Waals surface area contributed by atoms with Gasteiger partial charge in [-0.2, -0.15) is 0 Å². The molecule has 31 heavy (non-hydrogen) atoms. The number of aryl methyl sites for hydroxylation is 1. The maximum Gasteiger partial charge on any atom is 0.261 e. The molecule has 0 heterocycles. The van der Waals surface area contributed by atoms with Gasteiger partial charge >= 0.3 is 0 Å². The molecule has 2 rings (SSSR count). The molecular weight excluding hydrogens is 388 g/mol. The smallest absolute Gasteiger partial charge is 0.261 e. The number of nitrogens with zero attached hydrogens (tertiary/aromatic N) is 1. The molecule has 0 saturated heterocycles. The second-order valence-corrected chi connectivity index (χ2v) is 8.24. The zero-order valence-electron chi connectivity index (χ0n) is 19.5. The van der Waals surface area contributed by atoms with Crippen molar-refractivity contribution < 1.29 is 14.3 Å². The molecule has 0 spiro atoms. The average molecular weight is 425 g/mol. The summed E-state index contributed by atoms with van der Waals surface area (Å²) in [7, 11) is 0. The maximum absolute atomic E-state index is 13.2. The predicted octanol–water partition coefficient (Wildman–Crippen LogP) is 4.83. The van der Waals surface area contributed by atoms with Gasteiger partial charge in [0.1, 0.15) is 11.8 Å². The molecule has 5 heteroatoms. The van der Waals surface area contributed by atoms with Crippen LogP contribution >= 0.6 is 0 Å². The first kappa shape index (κ1) is 24.4. The summed E-state index contributed by atoms with van der Waals surface area (Å²) < 4.78 is 5.78. The third-order valence-electron chi connectivity index (χ3n) is 5.28. The summed E-state index contributed by atoms with van der Waals surface area (Å²) >= 11 is 0. The van der Waals surface area contributed by atoms with Crippen LogP contribution < -0.4 is 10.1 Å². The molecule has 168 valence electrons. The Morgan fingerprint density at radius 1 is 1.06 bits per heavy atom. The molecule has 1 N–H and O–H groups in total. The van der Waals surface area contributed by atoms with Crippen LogP contribution in [0.5, 0.6) is 5.75 Å². The lowest BCUT2D eigenvalue weighted by Crippen LogP contribution is -2.50. The summed E-state index contributed by atoms with van der Waals surface area (Å²) in [6.45, 7) is 11.1. The molecule has 0 aromatic heterocycles. The molecular formula is C26H36N2O3. The predicted molar refractivity (Wildman–Crippen MR) is 125 cm³/mol. The summed E-state index contributed by atoms with van der Waals surface area (Å²) in [6, 6.07) is 15.3. The van der Waals surface area contributed by atoms with Crippen LogP contribution in [-0.4, -0.2) is 35.9 Å². The molecule has 1 atom stereocenters. The van der Waals surface area contributed by atoms with E-state index in [0.717, 1.165) is 17.5 Å². The molecule has 2 amide bonds. The van der Waals surface area contributed by atoms with Gasteiger partial charge in [-0.1, -0.05) is 69.7 Å². The molecule has 0 aliphatic carbocycles. The van der Waals surface area contributed by atoms with Crippen LogP contribution in [0, 0.1) is 6.92 Å². The van der Waals surface area contributed by atoms with Crippen molar-refractivity contribution in [2.45, 2.75) is 66.0 Å². The molecule has 0 radical (unpaired) electrons. The highest BCUT2D eigenvalue weighted by atomic mass is 16.5. The fourth-order valence-electron chi connectivity index (χ4n) is 3.47. The van der Waals surface area contributed by atoms with E-state index in [1.54, 1.807) is 4.90 Å². The largest absolute Gasteiger partial charge is 0.484 e. The summed E-state index contributed by atoms with van der Waals surface area (Å²) in [4.78, 5) is 27.6. The van der Waals surface area contributed by atoms with E-state index in [0.29, 0.717) is 31.2 Å². The van der Waals surface area contributed by atoms with Gasteiger partial charge in [-0.05, 0) is 48.9 Å². The third-order valence-corrected chi connectivity index (χ3v) is 5.28. The minimum Gasteiger partial charge on any atom is -0.484 e. The number of ether oxygens (including phenoxy) is 1. The second-order valence-electron chi connectivity index (χ2n) is 8.24. The molecule has 0 fully saturated rings. The molecule has 0 bridgehead atoms. The third kappa shape index (κ3) is 7.42. The van der Waals surface area contributed by atoms with E-state index >= 15 is 0 Å². The zero-order valence-corrected chi connectivity index (χ0v) is 19.5. The number of rotatable bonds is 11. The highest BCUT2D eigenvalue weighted by Gasteiger charge is 2.28. The lowest BCUT2D eigenvalue weighted by Gasteiger charge is -2.30. The first-order valence-electron chi connectivity index (χ1n) is 11.2. The number of benzene rings is 2. The number of nitrogens with one attached hydrogen (secondary N) is 1. The molecule has 2 aromatic carbocycles. The summed E-state index contributed by atoms with van der Waals surface area (Å²) in [5.74, 6) is 0.767. The van der Waals surface area contributed by atoms with Gasteiger partial charge in [0.15, 0.2) is 6.61 Å². The summed E-state index contributed by atoms with van der Waals surface area (Å²) in [5, 5.41) is 2.93. The Bertz CT molecular complexity index is 846. The Kier molecular flexibility index (Phi) is 9.57. The molecule has 0 aliphatic rings. The normalized spacial score (nSPS) is 11.8. The molecule has 0 unspecified atom stereocenters. The minimum absolute atomic E-state index is 0.107. The first-order valence-corrected chi connectivity index (χ1v) is 11.2. The van der Waals surface area contributed by atoms with Crippen molar-refractivity contribution in [2.75, 3.05) is 13.2 Å². The highest BCUT2D eigenvalue weighted by molar-refractivity contribution is 5.88. The van der Waals surface area contributed by atoms with E-state index in [-0.39, 0.29) is 18.4 Å². The molecule has 2 aromatic rings. The van der Waals surface area contributed by atoms with Crippen molar-refractivity contribution in [3.63, 3.8) is 0 Å². The van der Waals surface area contributed by atoms with Gasteiger partial charge in [0.25, 0.3) is 5.91 Å². The monoisotopic (exact) mass is 424 g/mol. The fraction of sp³-hybridized carbons (Fsp3) is 0.462. The van der Waals surface area contributed by atoms with Crippen LogP contribution in [0.2, 0.25) is 0 Å². The Balaban J connectivity index is 2.16. The zero-order chi connectivity index (χ0) is 22.8. The van der Waals surface area contributed by atoms with E-state index in [1.807, 2.05) is 69.3 Å². The van der Waals surface area contributed by atoms with E-state index in [4.69, 9.17) is 4.74 Å². The van der Waals surface area contributed by atoms with Gasteiger partial charge in [0.05, 0.1) is 0 Å². The highest BCUT2D eigenvalue weighted by Crippen LogP contribution is 2.19. The Labute approximate surface area is 186 Å². The molecule has 0 saturated carbocycles. The van der Waals surface area contributed by atoms with E-state index in [1.165, 1.54) is 5.56 Å². The lowest BCUT2D eigenvalue weighted by molar-refractivity contribution is -0.143. The van der Waals surface area contributed by atoms with Crippen molar-refractivity contribution in [2.24, 2.45) is 0 Å². The van der Waals surface area contributed by atoms with Crippen LogP contribution in [0.25, 0.3) is 0 Å². The SMILES string of the molecule is CCCNC(=O)[C@@H](CC)N(Cc1cccc(C)c1)C(=O)COc1ccc(C(C)C)cc1. The number of carbonyl (C=O) groups excluding carboxylic acids is 2. The summed E-state index contributed by atoms with van der Waals surface area (Å²) in [6.07, 6.45) is 1.39. The number of hydrogen-bond donors (Lipinski definition) is 1. The van der Waals surface area contributed by atoms with Crippen molar-refractivity contribution in [1.29, 1.82) is 0 Å². The standard InChI is InChI=1S/C26H36N2O3/c1-6-15-27-26(30)24(7-2)28(17-21-10-8-9-20(5)16-21)25(29)18-31-23-13-11-22(12-14-23)19(3)4/h8-14,16,19,24H,6-7,15,17-18H2,1-5H3,(H,27,30)/t24-/m1/s1. The fourth-order valence-corrected chi connectivity index (χ4v) is 3.47. The Morgan fingerprint density at radius 3 is 2.35 bits per heavy atom.